The number of hydrogen-bond acceptors (Lipinski definition) is 2. The van der Waals surface area contributed by atoms with Crippen LogP contribution in [-0.2, 0) is 0 Å². The molecule has 0 aliphatic rings. The number of pyridine rings is 1. The van der Waals surface area contributed by atoms with E-state index in [4.69, 9.17) is 16.3 Å². The third-order valence-electron chi connectivity index (χ3n) is 3.11. The van der Waals surface area contributed by atoms with Crippen molar-refractivity contribution in [3.05, 3.63) is 59.8 Å². The number of rotatable bonds is 2. The highest BCUT2D eigenvalue weighted by Crippen LogP contribution is 2.36. The molecule has 0 N–H and O–H groups in total. The molecule has 0 saturated heterocycles. The highest BCUT2D eigenvalue weighted by molar-refractivity contribution is 6.36. The summed E-state index contributed by atoms with van der Waals surface area (Å²) in [7, 11) is 1.64. The number of halogens is 1. The molecule has 3 rings (SSSR count). The van der Waals surface area contributed by atoms with E-state index in [-0.39, 0.29) is 0 Å². The average molecular weight is 270 g/mol. The number of fused-ring (bicyclic) bond motifs is 1. The van der Waals surface area contributed by atoms with Crippen molar-refractivity contribution in [3.63, 3.8) is 0 Å². The van der Waals surface area contributed by atoms with Crippen molar-refractivity contribution < 1.29 is 4.74 Å². The summed E-state index contributed by atoms with van der Waals surface area (Å²) >= 11 is 6.35. The van der Waals surface area contributed by atoms with E-state index in [1.807, 2.05) is 36.4 Å². The summed E-state index contributed by atoms with van der Waals surface area (Å²) in [5.74, 6) is 0.734. The first-order chi connectivity index (χ1) is 9.31. The summed E-state index contributed by atoms with van der Waals surface area (Å²) in [6, 6.07) is 15.8. The Kier molecular flexibility index (Phi) is 3.10. The molecule has 94 valence electrons. The maximum atomic E-state index is 6.35. The Balaban J connectivity index is 2.38. The van der Waals surface area contributed by atoms with Gasteiger partial charge in [0, 0.05) is 11.6 Å². The van der Waals surface area contributed by atoms with Crippen LogP contribution in [0.15, 0.2) is 54.7 Å². The molecule has 0 saturated carbocycles. The predicted octanol–water partition coefficient (Wildman–Crippen LogP) is 4.56. The predicted molar refractivity (Wildman–Crippen MR) is 78.7 cm³/mol. The Morgan fingerprint density at radius 3 is 2.53 bits per heavy atom. The van der Waals surface area contributed by atoms with Crippen LogP contribution >= 0.6 is 11.6 Å². The molecule has 0 spiro atoms. The minimum absolute atomic E-state index is 0.683. The fraction of sp³-hybridized carbons (Fsp3) is 0.0625. The van der Waals surface area contributed by atoms with E-state index >= 15 is 0 Å². The molecule has 0 atom stereocenters. The molecule has 0 aliphatic heterocycles. The van der Waals surface area contributed by atoms with Gasteiger partial charge < -0.3 is 4.74 Å². The van der Waals surface area contributed by atoms with Crippen molar-refractivity contribution in [2.24, 2.45) is 0 Å². The SMILES string of the molecule is COc1ccc(Cl)c2c(-c3ccccc3)ccnc12. The summed E-state index contributed by atoms with van der Waals surface area (Å²) in [5.41, 5.74) is 2.97. The molecule has 2 aromatic carbocycles. The lowest BCUT2D eigenvalue weighted by atomic mass is 10.0. The summed E-state index contributed by atoms with van der Waals surface area (Å²) < 4.78 is 5.35. The van der Waals surface area contributed by atoms with Gasteiger partial charge in [-0.25, -0.2) is 0 Å². The molecule has 2 nitrogen and oxygen atoms in total. The average Bonchev–Trinajstić information content (AvgIpc) is 2.48. The van der Waals surface area contributed by atoms with Gasteiger partial charge in [0.2, 0.25) is 0 Å². The molecule has 0 fully saturated rings. The Hall–Kier alpha value is -2.06. The lowest BCUT2D eigenvalue weighted by Crippen LogP contribution is -1.90. The molecule has 0 bridgehead atoms. The quantitative estimate of drug-likeness (QED) is 0.680. The zero-order chi connectivity index (χ0) is 13.2. The summed E-state index contributed by atoms with van der Waals surface area (Å²) in [6.45, 7) is 0. The molecule has 0 amide bonds. The van der Waals surface area contributed by atoms with Crippen LogP contribution in [0.4, 0.5) is 0 Å². The van der Waals surface area contributed by atoms with Crippen molar-refractivity contribution in [2.45, 2.75) is 0 Å². The van der Waals surface area contributed by atoms with Gasteiger partial charge in [0.15, 0.2) is 0 Å². The maximum absolute atomic E-state index is 6.35. The summed E-state index contributed by atoms with van der Waals surface area (Å²) in [4.78, 5) is 4.39. The van der Waals surface area contributed by atoms with Gasteiger partial charge in [-0.3, -0.25) is 4.98 Å². The van der Waals surface area contributed by atoms with Crippen molar-refractivity contribution in [3.8, 4) is 16.9 Å². The van der Waals surface area contributed by atoms with Crippen LogP contribution in [0.25, 0.3) is 22.0 Å². The maximum Gasteiger partial charge on any atom is 0.145 e. The molecule has 1 aromatic heterocycles. The molecular formula is C16H12ClNO. The first-order valence-electron chi connectivity index (χ1n) is 5.98. The van der Waals surface area contributed by atoms with Gasteiger partial charge in [0.25, 0.3) is 0 Å². The van der Waals surface area contributed by atoms with E-state index in [0.29, 0.717) is 5.02 Å². The monoisotopic (exact) mass is 269 g/mol. The lowest BCUT2D eigenvalue weighted by molar-refractivity contribution is 0.419. The minimum Gasteiger partial charge on any atom is -0.494 e. The second kappa shape index (κ2) is 4.90. The summed E-state index contributed by atoms with van der Waals surface area (Å²) in [5, 5.41) is 1.61. The van der Waals surface area contributed by atoms with Crippen molar-refractivity contribution in [1.82, 2.24) is 4.98 Å². The number of nitrogens with zero attached hydrogens (tertiary/aromatic N) is 1. The van der Waals surface area contributed by atoms with Crippen LogP contribution in [0, 0.1) is 0 Å². The van der Waals surface area contributed by atoms with Gasteiger partial charge in [-0.15, -0.1) is 0 Å². The van der Waals surface area contributed by atoms with E-state index < -0.39 is 0 Å². The fourth-order valence-corrected chi connectivity index (χ4v) is 2.48. The number of ether oxygens (including phenoxy) is 1. The standard InChI is InChI=1S/C16H12ClNO/c1-19-14-8-7-13(17)15-12(9-10-18-16(14)15)11-5-3-2-4-6-11/h2-10H,1H3. The Bertz CT molecular complexity index is 725. The molecule has 0 aliphatic carbocycles. The molecule has 0 unspecified atom stereocenters. The topological polar surface area (TPSA) is 22.1 Å². The number of methoxy groups -OCH3 is 1. The van der Waals surface area contributed by atoms with Crippen LogP contribution < -0.4 is 4.74 Å². The second-order valence-corrected chi connectivity index (χ2v) is 4.60. The van der Waals surface area contributed by atoms with Gasteiger partial charge in [-0.1, -0.05) is 41.9 Å². The van der Waals surface area contributed by atoms with E-state index in [1.54, 1.807) is 13.3 Å². The van der Waals surface area contributed by atoms with Gasteiger partial charge in [-0.2, -0.15) is 0 Å². The van der Waals surface area contributed by atoms with Crippen LogP contribution in [0.1, 0.15) is 0 Å². The fourth-order valence-electron chi connectivity index (χ4n) is 2.22. The van der Waals surface area contributed by atoms with E-state index in [2.05, 4.69) is 17.1 Å². The first kappa shape index (κ1) is 12.0. The van der Waals surface area contributed by atoms with Crippen molar-refractivity contribution in [2.75, 3.05) is 7.11 Å². The highest BCUT2D eigenvalue weighted by Gasteiger charge is 2.11. The largest absolute Gasteiger partial charge is 0.494 e. The Labute approximate surface area is 116 Å². The number of benzene rings is 2. The molecule has 3 heteroatoms. The third kappa shape index (κ3) is 2.04. The Morgan fingerprint density at radius 1 is 1.00 bits per heavy atom. The smallest absolute Gasteiger partial charge is 0.145 e. The first-order valence-corrected chi connectivity index (χ1v) is 6.35. The van der Waals surface area contributed by atoms with E-state index in [1.165, 1.54) is 0 Å². The Morgan fingerprint density at radius 2 is 1.79 bits per heavy atom. The van der Waals surface area contributed by atoms with Crippen LogP contribution in [-0.4, -0.2) is 12.1 Å². The van der Waals surface area contributed by atoms with Crippen LogP contribution in [0.5, 0.6) is 5.75 Å². The molecule has 3 aromatic rings. The van der Waals surface area contributed by atoms with Gasteiger partial charge in [0.05, 0.1) is 12.1 Å². The van der Waals surface area contributed by atoms with Gasteiger partial charge in [0.1, 0.15) is 11.3 Å². The molecule has 1 heterocycles. The molecule has 0 radical (unpaired) electrons. The summed E-state index contributed by atoms with van der Waals surface area (Å²) in [6.07, 6.45) is 1.78. The van der Waals surface area contributed by atoms with Crippen LogP contribution in [0.3, 0.4) is 0 Å². The number of aromatic nitrogens is 1. The molecule has 19 heavy (non-hydrogen) atoms. The second-order valence-electron chi connectivity index (χ2n) is 4.20. The lowest BCUT2D eigenvalue weighted by Gasteiger charge is -2.10. The zero-order valence-electron chi connectivity index (χ0n) is 10.4. The zero-order valence-corrected chi connectivity index (χ0v) is 11.2. The third-order valence-corrected chi connectivity index (χ3v) is 3.42. The molecular weight excluding hydrogens is 258 g/mol. The minimum atomic E-state index is 0.683. The van der Waals surface area contributed by atoms with Crippen LogP contribution in [0.2, 0.25) is 5.02 Å². The normalized spacial score (nSPS) is 10.6. The number of hydrogen-bond donors (Lipinski definition) is 0. The van der Waals surface area contributed by atoms with Crippen molar-refractivity contribution >= 4 is 22.5 Å². The highest BCUT2D eigenvalue weighted by atomic mass is 35.5. The van der Waals surface area contributed by atoms with E-state index in [0.717, 1.165) is 27.8 Å². The van der Waals surface area contributed by atoms with Gasteiger partial charge >= 0.3 is 0 Å². The van der Waals surface area contributed by atoms with Gasteiger partial charge in [-0.05, 0) is 29.3 Å². The van der Waals surface area contributed by atoms with Crippen molar-refractivity contribution in [1.29, 1.82) is 0 Å². The van der Waals surface area contributed by atoms with E-state index in [9.17, 15) is 0 Å².